The van der Waals surface area contributed by atoms with Gasteiger partial charge in [0.05, 0.1) is 23.9 Å². The number of hydrogen-bond donors (Lipinski definition) is 1. The molecule has 1 amide bonds. The maximum Gasteiger partial charge on any atom is 0.276 e. The Morgan fingerprint density at radius 1 is 1.04 bits per heavy atom. The molecule has 0 fully saturated rings. The van der Waals surface area contributed by atoms with E-state index in [4.69, 9.17) is 11.6 Å². The molecule has 0 aliphatic rings. The molecule has 5 nitrogen and oxygen atoms in total. The van der Waals surface area contributed by atoms with E-state index < -0.39 is 0 Å². The Kier molecular flexibility index (Phi) is 4.37. The number of para-hydroxylation sites is 1. The fourth-order valence-corrected chi connectivity index (χ4v) is 2.93. The minimum atomic E-state index is -0.260. The molecule has 0 saturated carbocycles. The van der Waals surface area contributed by atoms with Crippen LogP contribution in [0, 0.1) is 0 Å². The number of aromatic nitrogens is 3. The number of halogens is 1. The molecule has 128 valence electrons. The van der Waals surface area contributed by atoms with Gasteiger partial charge >= 0.3 is 0 Å². The van der Waals surface area contributed by atoms with Crippen LogP contribution in [-0.4, -0.2) is 20.7 Å². The molecule has 0 saturated heterocycles. The van der Waals surface area contributed by atoms with Crippen molar-refractivity contribution in [2.24, 2.45) is 0 Å². The van der Waals surface area contributed by atoms with Crippen LogP contribution in [0.15, 0.2) is 73.1 Å². The highest BCUT2D eigenvalue weighted by Gasteiger charge is 2.17. The van der Waals surface area contributed by atoms with Crippen molar-refractivity contribution in [2.75, 3.05) is 5.32 Å². The molecule has 4 aromatic rings. The third-order valence-corrected chi connectivity index (χ3v) is 4.29. The molecule has 26 heavy (non-hydrogen) atoms. The minimum Gasteiger partial charge on any atom is -0.319 e. The van der Waals surface area contributed by atoms with E-state index in [2.05, 4.69) is 15.4 Å². The molecule has 0 spiro atoms. The number of nitrogens with one attached hydrogen (secondary N) is 1. The molecule has 2 aromatic carbocycles. The summed E-state index contributed by atoms with van der Waals surface area (Å²) in [6, 6.07) is 18.9. The second kappa shape index (κ2) is 6.98. The highest BCUT2D eigenvalue weighted by molar-refractivity contribution is 6.30. The molecule has 6 heteroatoms. The van der Waals surface area contributed by atoms with E-state index in [1.807, 2.05) is 53.2 Å². The van der Waals surface area contributed by atoms with Gasteiger partial charge in [-0.1, -0.05) is 41.9 Å². The Labute approximate surface area is 155 Å². The molecule has 0 radical (unpaired) electrons. The highest BCUT2D eigenvalue weighted by Crippen LogP contribution is 2.21. The van der Waals surface area contributed by atoms with Crippen molar-refractivity contribution in [2.45, 2.75) is 6.54 Å². The van der Waals surface area contributed by atoms with Crippen molar-refractivity contribution in [3.8, 4) is 0 Å². The summed E-state index contributed by atoms with van der Waals surface area (Å²) in [6.45, 7) is 0.553. The van der Waals surface area contributed by atoms with E-state index in [1.54, 1.807) is 24.5 Å². The number of rotatable bonds is 4. The molecule has 4 rings (SSSR count). The third kappa shape index (κ3) is 3.30. The van der Waals surface area contributed by atoms with Gasteiger partial charge in [0.25, 0.3) is 5.91 Å². The summed E-state index contributed by atoms with van der Waals surface area (Å²) in [6.07, 6.45) is 3.26. The van der Waals surface area contributed by atoms with E-state index >= 15 is 0 Å². The van der Waals surface area contributed by atoms with Gasteiger partial charge in [0.2, 0.25) is 0 Å². The predicted molar refractivity (Wildman–Crippen MR) is 102 cm³/mol. The SMILES string of the molecule is O=C(Nc1cccnc1)c1nn(Cc2ccc(Cl)cc2)c2ccccc12. The van der Waals surface area contributed by atoms with E-state index in [0.29, 0.717) is 22.9 Å². The summed E-state index contributed by atoms with van der Waals surface area (Å²) in [4.78, 5) is 16.7. The number of benzene rings is 2. The van der Waals surface area contributed by atoms with Gasteiger partial charge in [0.15, 0.2) is 5.69 Å². The highest BCUT2D eigenvalue weighted by atomic mass is 35.5. The van der Waals surface area contributed by atoms with Gasteiger partial charge in [0.1, 0.15) is 0 Å². The lowest BCUT2D eigenvalue weighted by atomic mass is 10.2. The van der Waals surface area contributed by atoms with Gasteiger partial charge in [-0.15, -0.1) is 0 Å². The first-order chi connectivity index (χ1) is 12.7. The quantitative estimate of drug-likeness (QED) is 0.586. The number of anilines is 1. The zero-order valence-corrected chi connectivity index (χ0v) is 14.5. The van der Waals surface area contributed by atoms with E-state index in [-0.39, 0.29) is 5.91 Å². The Bertz CT molecular complexity index is 1060. The van der Waals surface area contributed by atoms with E-state index in [9.17, 15) is 4.79 Å². The average molecular weight is 363 g/mol. The van der Waals surface area contributed by atoms with Crippen molar-refractivity contribution in [1.82, 2.24) is 14.8 Å². The van der Waals surface area contributed by atoms with Crippen LogP contribution in [0.25, 0.3) is 10.9 Å². The maximum atomic E-state index is 12.7. The lowest BCUT2D eigenvalue weighted by Crippen LogP contribution is -2.14. The summed E-state index contributed by atoms with van der Waals surface area (Å²) >= 11 is 5.95. The lowest BCUT2D eigenvalue weighted by molar-refractivity contribution is 0.102. The zero-order valence-electron chi connectivity index (χ0n) is 13.8. The fourth-order valence-electron chi connectivity index (χ4n) is 2.81. The number of fused-ring (bicyclic) bond motifs is 1. The topological polar surface area (TPSA) is 59.8 Å². The van der Waals surface area contributed by atoms with Crippen molar-refractivity contribution >= 4 is 34.1 Å². The Morgan fingerprint density at radius 2 is 1.85 bits per heavy atom. The molecule has 0 aliphatic carbocycles. The normalized spacial score (nSPS) is 10.8. The first-order valence-electron chi connectivity index (χ1n) is 8.12. The van der Waals surface area contributed by atoms with Gasteiger partial charge in [-0.25, -0.2) is 0 Å². The van der Waals surface area contributed by atoms with Crippen LogP contribution in [0.4, 0.5) is 5.69 Å². The van der Waals surface area contributed by atoms with Crippen LogP contribution in [0.1, 0.15) is 16.1 Å². The predicted octanol–water partition coefficient (Wildman–Crippen LogP) is 4.39. The number of nitrogens with zero attached hydrogens (tertiary/aromatic N) is 3. The monoisotopic (exact) mass is 362 g/mol. The largest absolute Gasteiger partial charge is 0.319 e. The first-order valence-corrected chi connectivity index (χ1v) is 8.50. The van der Waals surface area contributed by atoms with E-state index in [0.717, 1.165) is 16.5 Å². The fraction of sp³-hybridized carbons (Fsp3) is 0.0500. The molecular formula is C20H15ClN4O. The lowest BCUT2D eigenvalue weighted by Gasteiger charge is -2.04. The summed E-state index contributed by atoms with van der Waals surface area (Å²) in [7, 11) is 0. The Hall–Kier alpha value is -3.18. The molecule has 2 aromatic heterocycles. The Morgan fingerprint density at radius 3 is 2.62 bits per heavy atom. The molecule has 1 N–H and O–H groups in total. The van der Waals surface area contributed by atoms with Gasteiger partial charge < -0.3 is 5.32 Å². The number of hydrogen-bond acceptors (Lipinski definition) is 3. The maximum absolute atomic E-state index is 12.7. The molecular weight excluding hydrogens is 348 g/mol. The van der Waals surface area contributed by atoms with Gasteiger partial charge in [-0.2, -0.15) is 5.10 Å². The summed E-state index contributed by atoms with van der Waals surface area (Å²) in [5.74, 6) is -0.260. The third-order valence-electron chi connectivity index (χ3n) is 4.04. The van der Waals surface area contributed by atoms with Gasteiger partial charge in [-0.05, 0) is 35.9 Å². The standard InChI is InChI=1S/C20H15ClN4O/c21-15-9-7-14(8-10-15)13-25-18-6-2-1-5-17(18)19(24-25)20(26)23-16-4-3-11-22-12-16/h1-12H,13H2,(H,23,26). The molecule has 0 aliphatic heterocycles. The van der Waals surface area contributed by atoms with Crippen molar-refractivity contribution in [1.29, 1.82) is 0 Å². The molecule has 2 heterocycles. The number of pyridine rings is 1. The van der Waals surface area contributed by atoms with Crippen LogP contribution >= 0.6 is 11.6 Å². The van der Waals surface area contributed by atoms with Crippen molar-refractivity contribution in [3.05, 3.63) is 89.3 Å². The molecule has 0 atom stereocenters. The first kappa shape index (κ1) is 16.3. The van der Waals surface area contributed by atoms with Crippen molar-refractivity contribution < 1.29 is 4.79 Å². The van der Waals surface area contributed by atoms with Crippen LogP contribution < -0.4 is 5.32 Å². The second-order valence-corrected chi connectivity index (χ2v) is 6.28. The number of carbonyl (C=O) groups is 1. The van der Waals surface area contributed by atoms with Gasteiger partial charge in [0, 0.05) is 16.6 Å². The molecule has 0 unspecified atom stereocenters. The minimum absolute atomic E-state index is 0.260. The van der Waals surface area contributed by atoms with Gasteiger partial charge in [-0.3, -0.25) is 14.5 Å². The van der Waals surface area contributed by atoms with Crippen molar-refractivity contribution in [3.63, 3.8) is 0 Å². The van der Waals surface area contributed by atoms with Crippen LogP contribution in [0.3, 0.4) is 0 Å². The number of amides is 1. The van der Waals surface area contributed by atoms with Crippen LogP contribution in [0.2, 0.25) is 5.02 Å². The van der Waals surface area contributed by atoms with E-state index in [1.165, 1.54) is 0 Å². The number of carbonyl (C=O) groups excluding carboxylic acids is 1. The smallest absolute Gasteiger partial charge is 0.276 e. The summed E-state index contributed by atoms with van der Waals surface area (Å²) in [5, 5.41) is 8.89. The van der Waals surface area contributed by atoms with Crippen LogP contribution in [-0.2, 0) is 6.54 Å². The second-order valence-electron chi connectivity index (χ2n) is 5.85. The zero-order chi connectivity index (χ0) is 17.9. The Balaban J connectivity index is 1.69. The summed E-state index contributed by atoms with van der Waals surface area (Å²) < 4.78 is 1.83. The average Bonchev–Trinajstić information content (AvgIpc) is 3.03. The molecule has 0 bridgehead atoms. The summed E-state index contributed by atoms with van der Waals surface area (Å²) in [5.41, 5.74) is 2.98. The van der Waals surface area contributed by atoms with Crippen LogP contribution in [0.5, 0.6) is 0 Å².